The van der Waals surface area contributed by atoms with E-state index in [-0.39, 0.29) is 36.7 Å². The van der Waals surface area contributed by atoms with Crippen LogP contribution in [-0.4, -0.2) is 47.5 Å². The highest BCUT2D eigenvalue weighted by atomic mass is 79.9. The molecule has 0 atom stereocenters. The van der Waals surface area contributed by atoms with Gasteiger partial charge in [-0.2, -0.15) is 0 Å². The van der Waals surface area contributed by atoms with E-state index in [9.17, 15) is 19.2 Å². The highest BCUT2D eigenvalue weighted by Crippen LogP contribution is 2.31. The summed E-state index contributed by atoms with van der Waals surface area (Å²) in [6.07, 6.45) is 1.67. The molecular formula is C21H18BrN3O4S. The van der Waals surface area contributed by atoms with E-state index in [1.165, 1.54) is 0 Å². The molecule has 154 valence electrons. The highest BCUT2D eigenvalue weighted by Gasteiger charge is 2.34. The van der Waals surface area contributed by atoms with Gasteiger partial charge in [-0.1, -0.05) is 42.5 Å². The zero-order valence-electron chi connectivity index (χ0n) is 15.8. The van der Waals surface area contributed by atoms with Crippen LogP contribution < -0.4 is 10.6 Å². The summed E-state index contributed by atoms with van der Waals surface area (Å²) in [7, 11) is 0. The number of imide groups is 1. The van der Waals surface area contributed by atoms with Crippen molar-refractivity contribution in [1.82, 2.24) is 15.5 Å². The Hall–Kier alpha value is -2.91. The zero-order valence-corrected chi connectivity index (χ0v) is 18.2. The number of nitrogens with zero attached hydrogens (tertiary/aromatic N) is 1. The predicted molar refractivity (Wildman–Crippen MR) is 119 cm³/mol. The van der Waals surface area contributed by atoms with Crippen LogP contribution in [0.5, 0.6) is 0 Å². The van der Waals surface area contributed by atoms with E-state index < -0.39 is 5.91 Å². The summed E-state index contributed by atoms with van der Waals surface area (Å²) in [5, 5.41) is 4.75. The normalized spacial score (nSPS) is 14.8. The third-order valence-electron chi connectivity index (χ3n) is 4.16. The second kappa shape index (κ2) is 10.2. The number of rotatable bonds is 7. The van der Waals surface area contributed by atoms with Gasteiger partial charge in [-0.05, 0) is 51.5 Å². The van der Waals surface area contributed by atoms with E-state index in [2.05, 4.69) is 26.6 Å². The van der Waals surface area contributed by atoms with Crippen LogP contribution in [0.15, 0.2) is 64.0 Å². The summed E-state index contributed by atoms with van der Waals surface area (Å²) in [6.45, 7) is -0.0585. The lowest BCUT2D eigenvalue weighted by Crippen LogP contribution is -2.41. The first-order valence-corrected chi connectivity index (χ1v) is 10.7. The van der Waals surface area contributed by atoms with Crippen molar-refractivity contribution < 1.29 is 19.2 Å². The van der Waals surface area contributed by atoms with Crippen molar-refractivity contribution in [1.29, 1.82) is 0 Å². The molecule has 1 aliphatic rings. The SMILES string of the molecule is O=C(CNC(=O)c1ccccc1Br)NCCN1C(=O)S/C(=C\c2ccccc2)C1=O. The molecule has 0 spiro atoms. The van der Waals surface area contributed by atoms with Gasteiger partial charge >= 0.3 is 0 Å². The number of nitrogens with one attached hydrogen (secondary N) is 2. The average Bonchev–Trinajstić information content (AvgIpc) is 3.00. The first kappa shape index (κ1) is 21.8. The average molecular weight is 488 g/mol. The van der Waals surface area contributed by atoms with Gasteiger partial charge in [-0.3, -0.25) is 24.1 Å². The van der Waals surface area contributed by atoms with Gasteiger partial charge in [0.2, 0.25) is 5.91 Å². The lowest BCUT2D eigenvalue weighted by molar-refractivity contribution is -0.124. The lowest BCUT2D eigenvalue weighted by Gasteiger charge is -2.13. The number of carbonyl (C=O) groups excluding carboxylic acids is 4. The molecule has 0 unspecified atom stereocenters. The molecule has 1 fully saturated rings. The van der Waals surface area contributed by atoms with Gasteiger partial charge in [0.15, 0.2) is 0 Å². The molecule has 0 bridgehead atoms. The summed E-state index contributed by atoms with van der Waals surface area (Å²) in [6, 6.07) is 16.1. The van der Waals surface area contributed by atoms with E-state index >= 15 is 0 Å². The fourth-order valence-electron chi connectivity index (χ4n) is 2.66. The number of hydrogen-bond donors (Lipinski definition) is 2. The number of amides is 4. The third-order valence-corrected chi connectivity index (χ3v) is 5.76. The first-order valence-electron chi connectivity index (χ1n) is 9.05. The standard InChI is InChI=1S/C21H18BrN3O4S/c22-16-9-5-4-8-15(16)19(27)24-13-18(26)23-10-11-25-20(28)17(30-21(25)29)12-14-6-2-1-3-7-14/h1-9,12H,10-11,13H2,(H,23,26)(H,24,27)/b17-12-. The minimum absolute atomic E-state index is 0.0563. The molecular weight excluding hydrogens is 470 g/mol. The van der Waals surface area contributed by atoms with Crippen molar-refractivity contribution in [2.24, 2.45) is 0 Å². The molecule has 0 aliphatic carbocycles. The number of benzene rings is 2. The Bertz CT molecular complexity index is 1010. The first-order chi connectivity index (χ1) is 14.5. The molecule has 1 heterocycles. The van der Waals surface area contributed by atoms with Gasteiger partial charge in [-0.25, -0.2) is 0 Å². The van der Waals surface area contributed by atoms with Crippen LogP contribution in [0, 0.1) is 0 Å². The van der Waals surface area contributed by atoms with Crippen molar-refractivity contribution in [2.75, 3.05) is 19.6 Å². The second-order valence-electron chi connectivity index (χ2n) is 6.26. The highest BCUT2D eigenvalue weighted by molar-refractivity contribution is 9.10. The van der Waals surface area contributed by atoms with E-state index in [0.29, 0.717) is 14.9 Å². The Morgan fingerprint density at radius 2 is 1.70 bits per heavy atom. The largest absolute Gasteiger partial charge is 0.353 e. The number of hydrogen-bond acceptors (Lipinski definition) is 5. The minimum Gasteiger partial charge on any atom is -0.353 e. The predicted octanol–water partition coefficient (Wildman–Crippen LogP) is 3.03. The quantitative estimate of drug-likeness (QED) is 0.585. The van der Waals surface area contributed by atoms with Crippen LogP contribution in [0.2, 0.25) is 0 Å². The Balaban J connectivity index is 1.45. The Labute approximate surface area is 186 Å². The lowest BCUT2D eigenvalue weighted by atomic mass is 10.2. The smallest absolute Gasteiger partial charge is 0.293 e. The minimum atomic E-state index is -0.415. The van der Waals surface area contributed by atoms with Crippen LogP contribution in [0.1, 0.15) is 15.9 Å². The summed E-state index contributed by atoms with van der Waals surface area (Å²) in [4.78, 5) is 50.1. The maximum Gasteiger partial charge on any atom is 0.293 e. The summed E-state index contributed by atoms with van der Waals surface area (Å²) >= 11 is 4.16. The van der Waals surface area contributed by atoms with Crippen LogP contribution in [0.3, 0.4) is 0 Å². The number of thioether (sulfide) groups is 1. The Kier molecular flexibility index (Phi) is 7.42. The fraction of sp³-hybridized carbons (Fsp3) is 0.143. The van der Waals surface area contributed by atoms with Gasteiger partial charge in [0.25, 0.3) is 17.1 Å². The Morgan fingerprint density at radius 3 is 2.43 bits per heavy atom. The summed E-state index contributed by atoms with van der Waals surface area (Å²) in [5.41, 5.74) is 1.26. The molecule has 3 rings (SSSR count). The fourth-order valence-corrected chi connectivity index (χ4v) is 3.99. The van der Waals surface area contributed by atoms with Crippen LogP contribution in [0.25, 0.3) is 6.08 Å². The van der Waals surface area contributed by atoms with Gasteiger partial charge in [0.05, 0.1) is 17.0 Å². The van der Waals surface area contributed by atoms with E-state index in [4.69, 9.17) is 0 Å². The van der Waals surface area contributed by atoms with Gasteiger partial charge in [0.1, 0.15) is 0 Å². The van der Waals surface area contributed by atoms with Crippen LogP contribution >= 0.6 is 27.7 Å². The molecule has 2 N–H and O–H groups in total. The molecule has 9 heteroatoms. The van der Waals surface area contributed by atoms with E-state index in [1.54, 1.807) is 30.3 Å². The maximum atomic E-state index is 12.4. The zero-order chi connectivity index (χ0) is 21.5. The molecule has 1 saturated heterocycles. The topological polar surface area (TPSA) is 95.6 Å². The van der Waals surface area contributed by atoms with Gasteiger partial charge < -0.3 is 10.6 Å². The second-order valence-corrected chi connectivity index (χ2v) is 8.10. The molecule has 4 amide bonds. The Morgan fingerprint density at radius 1 is 1.00 bits per heavy atom. The van der Waals surface area contributed by atoms with Crippen molar-refractivity contribution in [3.8, 4) is 0 Å². The van der Waals surface area contributed by atoms with Crippen molar-refractivity contribution in [3.63, 3.8) is 0 Å². The van der Waals surface area contributed by atoms with Crippen molar-refractivity contribution in [3.05, 3.63) is 75.1 Å². The molecule has 2 aromatic rings. The van der Waals surface area contributed by atoms with Gasteiger partial charge in [-0.15, -0.1) is 0 Å². The van der Waals surface area contributed by atoms with Crippen LogP contribution in [-0.2, 0) is 9.59 Å². The molecule has 2 aromatic carbocycles. The molecule has 0 aromatic heterocycles. The van der Waals surface area contributed by atoms with E-state index in [0.717, 1.165) is 22.2 Å². The van der Waals surface area contributed by atoms with Crippen molar-refractivity contribution in [2.45, 2.75) is 0 Å². The van der Waals surface area contributed by atoms with Gasteiger partial charge in [0, 0.05) is 17.6 Å². The molecule has 0 saturated carbocycles. The summed E-state index contributed by atoms with van der Waals surface area (Å²) < 4.78 is 0.630. The monoisotopic (exact) mass is 487 g/mol. The number of carbonyl (C=O) groups is 4. The molecule has 1 aliphatic heterocycles. The van der Waals surface area contributed by atoms with Crippen LogP contribution in [0.4, 0.5) is 4.79 Å². The van der Waals surface area contributed by atoms with Crippen molar-refractivity contribution >= 4 is 56.7 Å². The summed E-state index contributed by atoms with van der Waals surface area (Å²) in [5.74, 6) is -1.18. The van der Waals surface area contributed by atoms with E-state index in [1.807, 2.05) is 30.3 Å². The molecule has 7 nitrogen and oxygen atoms in total. The molecule has 30 heavy (non-hydrogen) atoms. The molecule has 0 radical (unpaired) electrons. The maximum absolute atomic E-state index is 12.4. The number of halogens is 1. The third kappa shape index (κ3) is 5.58.